The van der Waals surface area contributed by atoms with Gasteiger partial charge in [-0.25, -0.2) is 4.57 Å². The number of phosphoric ester groups is 1. The molecule has 0 amide bonds. The second kappa shape index (κ2) is 52.8. The van der Waals surface area contributed by atoms with E-state index in [1.165, 1.54) is 238 Å². The average Bonchev–Trinajstić information content (AvgIpc) is 3.32. The fourth-order valence-electron chi connectivity index (χ4n) is 8.82. The third-order valence-electron chi connectivity index (χ3n) is 13.3. The van der Waals surface area contributed by atoms with E-state index in [1.54, 1.807) is 0 Å². The Hall–Kier alpha value is -1.03. The Bertz CT molecular complexity index is 1080. The highest BCUT2D eigenvalue weighted by Gasteiger charge is 2.27. The van der Waals surface area contributed by atoms with E-state index in [1.807, 2.05) is 0 Å². The van der Waals surface area contributed by atoms with Crippen molar-refractivity contribution in [2.45, 2.75) is 321 Å². The van der Waals surface area contributed by atoms with Crippen LogP contribution in [0.2, 0.25) is 0 Å². The molecule has 0 aliphatic heterocycles. The van der Waals surface area contributed by atoms with Gasteiger partial charge < -0.3 is 24.6 Å². The fourth-order valence-corrected chi connectivity index (χ4v) is 9.61. The van der Waals surface area contributed by atoms with Crippen LogP contribution in [0.4, 0.5) is 0 Å². The maximum atomic E-state index is 12.7. The van der Waals surface area contributed by atoms with Crippen LogP contribution < -0.4 is 0 Å². The molecule has 0 bridgehead atoms. The van der Waals surface area contributed by atoms with Crippen LogP contribution in [0.1, 0.15) is 309 Å². The lowest BCUT2D eigenvalue weighted by atomic mass is 10.0. The molecule has 3 atom stereocenters. The van der Waals surface area contributed by atoms with Crippen LogP contribution in [-0.4, -0.2) is 65.7 Å². The second-order valence-electron chi connectivity index (χ2n) is 20.0. The van der Waals surface area contributed by atoms with Crippen LogP contribution in [0.25, 0.3) is 0 Å². The van der Waals surface area contributed by atoms with E-state index in [-0.39, 0.29) is 19.4 Å². The molecule has 10 nitrogen and oxygen atoms in total. The molecule has 11 heteroatoms. The van der Waals surface area contributed by atoms with Gasteiger partial charge in [-0.3, -0.25) is 18.6 Å². The molecule has 0 heterocycles. The number of ether oxygens (including phenoxy) is 2. The Balaban J connectivity index is 4.04. The van der Waals surface area contributed by atoms with Crippen molar-refractivity contribution in [2.24, 2.45) is 0 Å². The molecule has 0 radical (unpaired) electrons. The first-order valence-corrected chi connectivity index (χ1v) is 30.5. The van der Waals surface area contributed by atoms with E-state index < -0.39 is 51.8 Å². The lowest BCUT2D eigenvalue weighted by Gasteiger charge is -2.20. The van der Waals surface area contributed by atoms with Crippen molar-refractivity contribution in [3.8, 4) is 0 Å². The maximum absolute atomic E-state index is 12.7. The van der Waals surface area contributed by atoms with Crippen molar-refractivity contribution >= 4 is 19.8 Å². The van der Waals surface area contributed by atoms with Crippen LogP contribution in [0, 0.1) is 0 Å². The average molecular weight is 975 g/mol. The van der Waals surface area contributed by atoms with E-state index in [4.69, 9.17) is 23.6 Å². The molecule has 0 aromatic carbocycles. The van der Waals surface area contributed by atoms with Gasteiger partial charge >= 0.3 is 19.8 Å². The van der Waals surface area contributed by atoms with Crippen LogP contribution >= 0.6 is 7.82 Å². The van der Waals surface area contributed by atoms with Crippen LogP contribution in [0.15, 0.2) is 0 Å². The van der Waals surface area contributed by atoms with Gasteiger partial charge in [0.05, 0.1) is 19.8 Å². The first-order chi connectivity index (χ1) is 32.7. The molecule has 67 heavy (non-hydrogen) atoms. The lowest BCUT2D eigenvalue weighted by molar-refractivity contribution is -0.161. The van der Waals surface area contributed by atoms with Gasteiger partial charge in [0, 0.05) is 12.8 Å². The number of carbonyl (C=O) groups excluding carboxylic acids is 2. The summed E-state index contributed by atoms with van der Waals surface area (Å²) in [5.74, 6) is -0.898. The summed E-state index contributed by atoms with van der Waals surface area (Å²) in [5.41, 5.74) is 0. The standard InChI is InChI=1S/C56H111O10P/c1-3-5-7-9-11-13-15-17-19-21-23-25-26-28-30-32-34-36-38-40-42-44-46-48-56(60)66-54(52-65-67(61,62)64-50-53(58)49-57)51-63-55(59)47-45-43-41-39-37-35-33-31-29-27-24-22-20-18-16-14-12-10-8-6-4-2/h53-54,57-58H,3-52H2,1-2H3,(H,61,62). The van der Waals surface area contributed by atoms with Crippen molar-refractivity contribution in [2.75, 3.05) is 26.4 Å². The molecule has 0 aromatic rings. The molecule has 0 fully saturated rings. The van der Waals surface area contributed by atoms with Crippen LogP contribution in [0.5, 0.6) is 0 Å². The van der Waals surface area contributed by atoms with Gasteiger partial charge in [0.25, 0.3) is 0 Å². The Labute approximate surface area is 414 Å². The second-order valence-corrected chi connectivity index (χ2v) is 21.5. The summed E-state index contributed by atoms with van der Waals surface area (Å²) in [7, 11) is -4.62. The van der Waals surface area contributed by atoms with Gasteiger partial charge in [-0.2, -0.15) is 0 Å². The number of hydrogen-bond acceptors (Lipinski definition) is 9. The maximum Gasteiger partial charge on any atom is 0.472 e. The van der Waals surface area contributed by atoms with Gasteiger partial charge in [-0.1, -0.05) is 284 Å². The number of phosphoric acid groups is 1. The molecule has 0 saturated heterocycles. The summed E-state index contributed by atoms with van der Waals surface area (Å²) < 4.78 is 33.0. The summed E-state index contributed by atoms with van der Waals surface area (Å²) in [5, 5.41) is 18.4. The highest BCUT2D eigenvalue weighted by Crippen LogP contribution is 2.43. The van der Waals surface area contributed by atoms with Crippen LogP contribution in [0.3, 0.4) is 0 Å². The predicted molar refractivity (Wildman–Crippen MR) is 279 cm³/mol. The van der Waals surface area contributed by atoms with Crippen molar-refractivity contribution in [1.29, 1.82) is 0 Å². The van der Waals surface area contributed by atoms with Crippen molar-refractivity contribution in [1.82, 2.24) is 0 Å². The van der Waals surface area contributed by atoms with Gasteiger partial charge in [-0.05, 0) is 12.8 Å². The minimum atomic E-state index is -4.62. The zero-order valence-corrected chi connectivity index (χ0v) is 45.1. The number of aliphatic hydroxyl groups excluding tert-OH is 2. The minimum Gasteiger partial charge on any atom is -0.462 e. The summed E-state index contributed by atoms with van der Waals surface area (Å²) in [6.07, 6.45) is 55.1. The summed E-state index contributed by atoms with van der Waals surface area (Å²) >= 11 is 0. The Morgan fingerprint density at radius 3 is 0.925 bits per heavy atom. The zero-order valence-electron chi connectivity index (χ0n) is 44.2. The first kappa shape index (κ1) is 66.0. The number of unbranched alkanes of at least 4 members (excludes halogenated alkanes) is 42. The topological polar surface area (TPSA) is 149 Å². The summed E-state index contributed by atoms with van der Waals surface area (Å²) in [4.78, 5) is 35.3. The highest BCUT2D eigenvalue weighted by molar-refractivity contribution is 7.47. The number of esters is 2. The Morgan fingerprint density at radius 2 is 0.642 bits per heavy atom. The fraction of sp³-hybridized carbons (Fsp3) is 0.964. The Morgan fingerprint density at radius 1 is 0.388 bits per heavy atom. The first-order valence-electron chi connectivity index (χ1n) is 29.0. The van der Waals surface area contributed by atoms with E-state index in [2.05, 4.69) is 13.8 Å². The lowest BCUT2D eigenvalue weighted by Crippen LogP contribution is -2.29. The van der Waals surface area contributed by atoms with E-state index in [0.29, 0.717) is 12.8 Å². The van der Waals surface area contributed by atoms with Gasteiger partial charge in [0.15, 0.2) is 6.10 Å². The molecule has 0 aliphatic rings. The molecule has 0 aliphatic carbocycles. The predicted octanol–water partition coefficient (Wildman–Crippen LogP) is 16.9. The number of aliphatic hydroxyl groups is 2. The van der Waals surface area contributed by atoms with Gasteiger partial charge in [-0.15, -0.1) is 0 Å². The molecule has 0 aromatic heterocycles. The Kier molecular flexibility index (Phi) is 52.0. The molecular weight excluding hydrogens is 864 g/mol. The normalized spacial score (nSPS) is 13.4. The van der Waals surface area contributed by atoms with Crippen LogP contribution in [-0.2, 0) is 32.7 Å². The summed E-state index contributed by atoms with van der Waals surface area (Å²) in [6.45, 7) is 2.48. The third kappa shape index (κ3) is 52.6. The zero-order chi connectivity index (χ0) is 49.0. The molecule has 3 N–H and O–H groups in total. The smallest absolute Gasteiger partial charge is 0.462 e. The molecule has 400 valence electrons. The molecule has 0 rings (SSSR count). The van der Waals surface area contributed by atoms with Crippen molar-refractivity contribution in [3.05, 3.63) is 0 Å². The van der Waals surface area contributed by atoms with E-state index in [0.717, 1.165) is 32.1 Å². The quantitative estimate of drug-likeness (QED) is 0.0305. The minimum absolute atomic E-state index is 0.194. The number of hydrogen-bond donors (Lipinski definition) is 3. The molecule has 3 unspecified atom stereocenters. The number of rotatable bonds is 56. The monoisotopic (exact) mass is 975 g/mol. The summed E-state index contributed by atoms with van der Waals surface area (Å²) in [6, 6.07) is 0. The molecule has 0 spiro atoms. The van der Waals surface area contributed by atoms with Gasteiger partial charge in [0.1, 0.15) is 12.7 Å². The number of carbonyl (C=O) groups is 2. The highest BCUT2D eigenvalue weighted by atomic mass is 31.2. The molecule has 0 saturated carbocycles. The third-order valence-corrected chi connectivity index (χ3v) is 14.2. The van der Waals surface area contributed by atoms with Gasteiger partial charge in [0.2, 0.25) is 0 Å². The molecular formula is C56H111O10P. The largest absolute Gasteiger partial charge is 0.472 e. The van der Waals surface area contributed by atoms with Crippen molar-refractivity contribution < 1.29 is 47.8 Å². The van der Waals surface area contributed by atoms with E-state index >= 15 is 0 Å². The van der Waals surface area contributed by atoms with E-state index in [9.17, 15) is 24.2 Å². The SMILES string of the molecule is CCCCCCCCCCCCCCCCCCCCCCCCCC(=O)OC(COC(=O)CCCCCCCCCCCCCCCCCCCCCCC)COP(=O)(O)OCC(O)CO. The van der Waals surface area contributed by atoms with Crippen molar-refractivity contribution in [3.63, 3.8) is 0 Å².